The Labute approximate surface area is 155 Å². The minimum atomic E-state index is -0.418. The van der Waals surface area contributed by atoms with Gasteiger partial charge >= 0.3 is 5.97 Å². The van der Waals surface area contributed by atoms with Crippen LogP contribution in [0, 0.1) is 6.92 Å². The van der Waals surface area contributed by atoms with Gasteiger partial charge in [-0.1, -0.05) is 45.9 Å². The number of hydrogen-bond acceptors (Lipinski definition) is 3. The monoisotopic (exact) mass is 350 g/mol. The Hall–Kier alpha value is -2.42. The first-order valence-corrected chi connectivity index (χ1v) is 9.08. The fourth-order valence-electron chi connectivity index (χ4n) is 3.96. The molecule has 3 heteroatoms. The molecule has 0 aromatic heterocycles. The van der Waals surface area contributed by atoms with Crippen LogP contribution in [-0.2, 0) is 10.8 Å². The Bertz CT molecular complexity index is 861. The molecule has 0 atom stereocenters. The van der Waals surface area contributed by atoms with E-state index in [1.54, 1.807) is 12.1 Å². The molecule has 0 bridgehead atoms. The van der Waals surface area contributed by atoms with E-state index in [0.29, 0.717) is 22.4 Å². The van der Waals surface area contributed by atoms with Crippen molar-refractivity contribution in [3.63, 3.8) is 0 Å². The fraction of sp³-hybridized carbons (Fsp3) is 0.391. The quantitative estimate of drug-likeness (QED) is 0.424. The zero-order chi connectivity index (χ0) is 19.1. The smallest absolute Gasteiger partial charge is 0.343 e. The molecule has 2 aromatic carbocycles. The topological polar surface area (TPSA) is 43.4 Å². The summed E-state index contributed by atoms with van der Waals surface area (Å²) in [5, 5.41) is 0. The van der Waals surface area contributed by atoms with Crippen molar-refractivity contribution in [1.29, 1.82) is 0 Å². The average molecular weight is 350 g/mol. The molecule has 3 nitrogen and oxygen atoms in total. The highest BCUT2D eigenvalue weighted by molar-refractivity contribution is 5.97. The molecule has 0 saturated carbocycles. The number of para-hydroxylation sites is 1. The molecule has 0 heterocycles. The lowest BCUT2D eigenvalue weighted by Gasteiger charge is -2.43. The molecule has 0 unspecified atom stereocenters. The lowest BCUT2D eigenvalue weighted by Crippen LogP contribution is -2.36. The van der Waals surface area contributed by atoms with Gasteiger partial charge in [-0.2, -0.15) is 0 Å². The number of ether oxygens (including phenoxy) is 1. The van der Waals surface area contributed by atoms with E-state index in [9.17, 15) is 9.59 Å². The van der Waals surface area contributed by atoms with Crippen LogP contribution >= 0.6 is 0 Å². The predicted octanol–water partition coefficient (Wildman–Crippen LogP) is 5.38. The predicted molar refractivity (Wildman–Crippen MR) is 103 cm³/mol. The highest BCUT2D eigenvalue weighted by Gasteiger charge is 2.40. The highest BCUT2D eigenvalue weighted by Crippen LogP contribution is 2.48. The van der Waals surface area contributed by atoms with Crippen LogP contribution in [0.15, 0.2) is 36.4 Å². The molecule has 0 fully saturated rings. The van der Waals surface area contributed by atoms with Gasteiger partial charge < -0.3 is 4.74 Å². The van der Waals surface area contributed by atoms with Crippen molar-refractivity contribution in [1.82, 2.24) is 0 Å². The molecule has 1 aliphatic carbocycles. The largest absolute Gasteiger partial charge is 0.423 e. The number of benzene rings is 2. The van der Waals surface area contributed by atoms with Crippen LogP contribution in [-0.4, -0.2) is 12.3 Å². The molecule has 0 spiro atoms. The lowest BCUT2D eigenvalue weighted by molar-refractivity contribution is 0.0733. The minimum absolute atomic E-state index is 0.0852. The van der Waals surface area contributed by atoms with Crippen molar-refractivity contribution < 1.29 is 14.3 Å². The Morgan fingerprint density at radius 1 is 1.04 bits per heavy atom. The van der Waals surface area contributed by atoms with E-state index in [1.165, 1.54) is 0 Å². The van der Waals surface area contributed by atoms with E-state index >= 15 is 0 Å². The maximum absolute atomic E-state index is 12.8. The number of aldehydes is 1. The first-order valence-electron chi connectivity index (χ1n) is 9.08. The first kappa shape index (κ1) is 18.4. The number of hydrogen-bond donors (Lipinski definition) is 0. The number of fused-ring (bicyclic) bond motifs is 1. The van der Waals surface area contributed by atoms with Crippen molar-refractivity contribution in [3.05, 3.63) is 64.2 Å². The van der Waals surface area contributed by atoms with E-state index in [1.807, 2.05) is 31.2 Å². The molecular formula is C23H26O3. The summed E-state index contributed by atoms with van der Waals surface area (Å²) in [7, 11) is 0. The van der Waals surface area contributed by atoms with Gasteiger partial charge in [-0.05, 0) is 65.5 Å². The first-order chi connectivity index (χ1) is 12.2. The third kappa shape index (κ3) is 3.07. The average Bonchev–Trinajstić information content (AvgIpc) is 2.59. The van der Waals surface area contributed by atoms with Gasteiger partial charge in [-0.25, -0.2) is 4.79 Å². The second-order valence-electron chi connectivity index (χ2n) is 8.47. The van der Waals surface area contributed by atoms with Crippen LogP contribution < -0.4 is 4.74 Å². The van der Waals surface area contributed by atoms with Gasteiger partial charge in [0, 0.05) is 5.56 Å². The molecule has 26 heavy (non-hydrogen) atoms. The van der Waals surface area contributed by atoms with Gasteiger partial charge in [-0.3, -0.25) is 4.79 Å². The lowest BCUT2D eigenvalue weighted by atomic mass is 9.61. The summed E-state index contributed by atoms with van der Waals surface area (Å²) in [5.41, 5.74) is 3.80. The highest BCUT2D eigenvalue weighted by atomic mass is 16.5. The molecule has 136 valence electrons. The zero-order valence-electron chi connectivity index (χ0n) is 16.2. The summed E-state index contributed by atoms with van der Waals surface area (Å²) in [4.78, 5) is 24.8. The van der Waals surface area contributed by atoms with Crippen LogP contribution in [0.2, 0.25) is 0 Å². The van der Waals surface area contributed by atoms with Crippen molar-refractivity contribution in [2.24, 2.45) is 0 Å². The van der Waals surface area contributed by atoms with Gasteiger partial charge in [0.15, 0.2) is 6.29 Å². The molecule has 3 rings (SSSR count). The summed E-state index contributed by atoms with van der Waals surface area (Å²) in [6.07, 6.45) is 2.93. The minimum Gasteiger partial charge on any atom is -0.423 e. The molecular weight excluding hydrogens is 324 g/mol. The van der Waals surface area contributed by atoms with Gasteiger partial charge in [0.05, 0.1) is 5.56 Å². The summed E-state index contributed by atoms with van der Waals surface area (Å²) in [6, 6.07) is 11.0. The summed E-state index contributed by atoms with van der Waals surface area (Å²) < 4.78 is 5.54. The Balaban J connectivity index is 2.17. The van der Waals surface area contributed by atoms with Crippen LogP contribution in [0.3, 0.4) is 0 Å². The maximum atomic E-state index is 12.8. The SMILES string of the molecule is Cc1c(C(=O)Oc2ccccc2)cc2c(c1C=O)C(C)(C)CCC2(C)C. The van der Waals surface area contributed by atoms with Crippen molar-refractivity contribution in [2.75, 3.05) is 0 Å². The third-order valence-corrected chi connectivity index (χ3v) is 5.71. The van der Waals surface area contributed by atoms with Crippen molar-refractivity contribution in [3.8, 4) is 5.75 Å². The van der Waals surface area contributed by atoms with E-state index in [2.05, 4.69) is 27.7 Å². The molecule has 0 saturated heterocycles. The Morgan fingerprint density at radius 2 is 1.65 bits per heavy atom. The van der Waals surface area contributed by atoms with Crippen LogP contribution in [0.25, 0.3) is 0 Å². The van der Waals surface area contributed by atoms with E-state index in [0.717, 1.165) is 30.3 Å². The Morgan fingerprint density at radius 3 is 2.27 bits per heavy atom. The van der Waals surface area contributed by atoms with Gasteiger partial charge in [0.2, 0.25) is 0 Å². The number of rotatable bonds is 3. The maximum Gasteiger partial charge on any atom is 0.343 e. The number of carbonyl (C=O) groups excluding carboxylic acids is 2. The second kappa shape index (κ2) is 6.39. The fourth-order valence-corrected chi connectivity index (χ4v) is 3.96. The summed E-state index contributed by atoms with van der Waals surface area (Å²) in [6.45, 7) is 10.5. The second-order valence-corrected chi connectivity index (χ2v) is 8.47. The summed E-state index contributed by atoms with van der Waals surface area (Å²) >= 11 is 0. The van der Waals surface area contributed by atoms with Crippen LogP contribution in [0.5, 0.6) is 5.75 Å². The molecule has 1 aliphatic rings. The van der Waals surface area contributed by atoms with Gasteiger partial charge in [0.1, 0.15) is 5.75 Å². The molecule has 0 radical (unpaired) electrons. The normalized spacial score (nSPS) is 17.3. The molecule has 0 amide bonds. The van der Waals surface area contributed by atoms with E-state index in [4.69, 9.17) is 4.74 Å². The third-order valence-electron chi connectivity index (χ3n) is 5.71. The number of carbonyl (C=O) groups is 2. The molecule has 0 aliphatic heterocycles. The van der Waals surface area contributed by atoms with Crippen molar-refractivity contribution in [2.45, 2.75) is 58.3 Å². The van der Waals surface area contributed by atoms with E-state index < -0.39 is 5.97 Å². The molecule has 0 N–H and O–H groups in total. The Kier molecular flexibility index (Phi) is 4.51. The van der Waals surface area contributed by atoms with Crippen LogP contribution in [0.1, 0.15) is 77.9 Å². The summed E-state index contributed by atoms with van der Waals surface area (Å²) in [5.74, 6) is 0.0839. The number of esters is 1. The standard InChI is InChI=1S/C23H26O3/c1-15-17(21(25)26-16-9-7-6-8-10-16)13-19-20(18(15)14-24)23(4,5)12-11-22(19,2)3/h6-10,13-14H,11-12H2,1-5H3. The van der Waals surface area contributed by atoms with E-state index in [-0.39, 0.29) is 10.8 Å². The van der Waals surface area contributed by atoms with Crippen LogP contribution in [0.4, 0.5) is 0 Å². The zero-order valence-corrected chi connectivity index (χ0v) is 16.2. The molecule has 2 aromatic rings. The van der Waals surface area contributed by atoms with Crippen molar-refractivity contribution >= 4 is 12.3 Å². The van der Waals surface area contributed by atoms with Gasteiger partial charge in [0.25, 0.3) is 0 Å². The van der Waals surface area contributed by atoms with Gasteiger partial charge in [-0.15, -0.1) is 0 Å².